The summed E-state index contributed by atoms with van der Waals surface area (Å²) in [6.45, 7) is 0. The molecule has 2 aliphatic rings. The number of hydrogen-bond acceptors (Lipinski definition) is 4. The number of aromatic nitrogens is 2. The molecule has 1 atom stereocenters. The van der Waals surface area contributed by atoms with E-state index < -0.39 is 0 Å². The topological polar surface area (TPSA) is 70.2 Å². The maximum absolute atomic E-state index is 13.5. The van der Waals surface area contributed by atoms with Gasteiger partial charge in [0.05, 0.1) is 12.8 Å². The number of nitrogens with zero attached hydrogens (tertiary/aromatic N) is 2. The molecule has 6 heteroatoms. The lowest BCUT2D eigenvalue weighted by molar-refractivity contribution is -0.119. The summed E-state index contributed by atoms with van der Waals surface area (Å²) in [5, 5.41) is 4.70. The molecule has 6 rings (SSSR count). The fourth-order valence-electron chi connectivity index (χ4n) is 4.81. The minimum absolute atomic E-state index is 0.0647. The smallest absolute Gasteiger partial charge is 0.249 e. The van der Waals surface area contributed by atoms with Crippen LogP contribution in [0.25, 0.3) is 27.9 Å². The van der Waals surface area contributed by atoms with E-state index in [-0.39, 0.29) is 11.9 Å². The number of hydrogen-bond donors (Lipinski definition) is 2. The van der Waals surface area contributed by atoms with Gasteiger partial charge in [-0.2, -0.15) is 0 Å². The summed E-state index contributed by atoms with van der Waals surface area (Å²) in [6, 6.07) is 18.2. The van der Waals surface area contributed by atoms with Crippen LogP contribution in [0.4, 0.5) is 5.69 Å². The van der Waals surface area contributed by atoms with Gasteiger partial charge in [0, 0.05) is 42.5 Å². The molecule has 1 fully saturated rings. The van der Waals surface area contributed by atoms with Crippen molar-refractivity contribution in [3.8, 4) is 16.9 Å². The van der Waals surface area contributed by atoms with Gasteiger partial charge in [-0.1, -0.05) is 24.3 Å². The van der Waals surface area contributed by atoms with Gasteiger partial charge in [0.25, 0.3) is 0 Å². The monoisotopic (exact) mass is 450 g/mol. The molecule has 1 aliphatic heterocycles. The molecule has 2 N–H and O–H groups in total. The number of anilines is 1. The van der Waals surface area contributed by atoms with Crippen molar-refractivity contribution in [1.82, 2.24) is 15.3 Å². The van der Waals surface area contributed by atoms with Crippen molar-refractivity contribution in [3.05, 3.63) is 83.7 Å². The fraction of sp³-hybridized carbons (Fsp3) is 0.214. The minimum Gasteiger partial charge on any atom is -0.497 e. The Bertz CT molecular complexity index is 1430. The Morgan fingerprint density at radius 2 is 1.88 bits per heavy atom. The van der Waals surface area contributed by atoms with E-state index in [0.717, 1.165) is 63.3 Å². The normalized spacial score (nSPS) is 17.4. The van der Waals surface area contributed by atoms with Crippen LogP contribution in [0.1, 0.15) is 24.0 Å². The number of allylic oxidation sites excluding steroid dienone is 1. The van der Waals surface area contributed by atoms with E-state index in [2.05, 4.69) is 45.6 Å². The molecule has 1 amide bonds. The van der Waals surface area contributed by atoms with E-state index in [1.165, 1.54) is 5.57 Å². The van der Waals surface area contributed by atoms with E-state index >= 15 is 0 Å². The molecule has 2 aromatic carbocycles. The number of aromatic amines is 1. The van der Waals surface area contributed by atoms with Crippen LogP contribution < -0.4 is 15.0 Å². The summed E-state index contributed by atoms with van der Waals surface area (Å²) in [4.78, 5) is 22.8. The molecule has 6 nitrogen and oxygen atoms in total. The first-order valence-electron chi connectivity index (χ1n) is 11.6. The number of amides is 1. The van der Waals surface area contributed by atoms with E-state index in [4.69, 9.17) is 4.74 Å². The zero-order chi connectivity index (χ0) is 23.2. The number of pyridine rings is 1. The van der Waals surface area contributed by atoms with E-state index in [1.54, 1.807) is 12.0 Å². The number of ether oxygens (including phenoxy) is 1. The number of carbonyl (C=O) groups excluding carboxylic acids is 1. The number of rotatable bonds is 4. The molecule has 0 saturated heterocycles. The second-order valence-corrected chi connectivity index (χ2v) is 8.96. The zero-order valence-corrected chi connectivity index (χ0v) is 19.3. The highest BCUT2D eigenvalue weighted by Gasteiger charge is 2.33. The maximum atomic E-state index is 13.5. The van der Waals surface area contributed by atoms with Crippen molar-refractivity contribution in [1.29, 1.82) is 0 Å². The largest absolute Gasteiger partial charge is 0.497 e. The Morgan fingerprint density at radius 1 is 1.06 bits per heavy atom. The third kappa shape index (κ3) is 3.52. The van der Waals surface area contributed by atoms with Crippen molar-refractivity contribution in [2.24, 2.45) is 0 Å². The second-order valence-electron chi connectivity index (χ2n) is 8.96. The van der Waals surface area contributed by atoms with Crippen LogP contribution in [0.2, 0.25) is 0 Å². The third-order valence-electron chi connectivity index (χ3n) is 6.80. The van der Waals surface area contributed by atoms with Crippen molar-refractivity contribution < 1.29 is 9.53 Å². The highest BCUT2D eigenvalue weighted by molar-refractivity contribution is 6.03. The standard InChI is InChI=1S/C28H26N4O2/c1-32-25-10-9-20(34-2)16-23(25)26(19-7-8-19)31-24(28(32)33)15-17-3-5-18(6-4-17)21-11-13-29-27-22(21)12-14-30-27/h3-6,9-14,16,24,31H,7-8,15H2,1-2H3,(H,29,30). The van der Waals surface area contributed by atoms with E-state index in [1.807, 2.05) is 43.7 Å². The summed E-state index contributed by atoms with van der Waals surface area (Å²) < 4.78 is 5.46. The number of carbonyl (C=O) groups is 1. The predicted molar refractivity (Wildman–Crippen MR) is 135 cm³/mol. The molecule has 0 spiro atoms. The Morgan fingerprint density at radius 3 is 2.65 bits per heavy atom. The van der Waals surface area contributed by atoms with Crippen LogP contribution in [-0.4, -0.2) is 36.1 Å². The Labute approximate surface area is 198 Å². The van der Waals surface area contributed by atoms with Crippen molar-refractivity contribution in [2.75, 3.05) is 19.1 Å². The van der Waals surface area contributed by atoms with Gasteiger partial charge in [-0.15, -0.1) is 0 Å². The van der Waals surface area contributed by atoms with Gasteiger partial charge in [0.2, 0.25) is 5.91 Å². The van der Waals surface area contributed by atoms with E-state index in [0.29, 0.717) is 6.42 Å². The number of methoxy groups -OCH3 is 1. The summed E-state index contributed by atoms with van der Waals surface area (Å²) in [5.74, 6) is 0.858. The number of likely N-dealkylation sites (N-methyl/N-ethyl adjacent to an activating group) is 1. The van der Waals surface area contributed by atoms with Gasteiger partial charge < -0.3 is 19.9 Å². The van der Waals surface area contributed by atoms with Crippen LogP contribution in [0.15, 0.2) is 72.6 Å². The van der Waals surface area contributed by atoms with Crippen LogP contribution in [0.3, 0.4) is 0 Å². The number of benzene rings is 2. The van der Waals surface area contributed by atoms with Crippen molar-refractivity contribution in [2.45, 2.75) is 25.3 Å². The summed E-state index contributed by atoms with van der Waals surface area (Å²) in [6.07, 6.45) is 6.48. The van der Waals surface area contributed by atoms with Gasteiger partial charge in [0.15, 0.2) is 0 Å². The van der Waals surface area contributed by atoms with E-state index in [9.17, 15) is 4.79 Å². The first kappa shape index (κ1) is 20.5. The minimum atomic E-state index is -0.338. The van der Waals surface area contributed by atoms with Crippen LogP contribution in [-0.2, 0) is 11.2 Å². The molecule has 0 bridgehead atoms. The Hall–Kier alpha value is -4.06. The molecule has 3 heterocycles. The number of nitrogens with one attached hydrogen (secondary N) is 2. The van der Waals surface area contributed by atoms with Crippen molar-refractivity contribution >= 4 is 28.3 Å². The first-order chi connectivity index (χ1) is 16.6. The molecule has 1 unspecified atom stereocenters. The van der Waals surface area contributed by atoms with Gasteiger partial charge in [-0.25, -0.2) is 4.98 Å². The zero-order valence-electron chi connectivity index (χ0n) is 19.3. The average molecular weight is 451 g/mol. The molecule has 4 aromatic rings. The summed E-state index contributed by atoms with van der Waals surface area (Å²) in [5.41, 5.74) is 8.68. The number of H-pyrrole nitrogens is 1. The molecular weight excluding hydrogens is 424 g/mol. The molecule has 0 radical (unpaired) electrons. The van der Waals surface area contributed by atoms with Crippen LogP contribution in [0, 0.1) is 0 Å². The van der Waals surface area contributed by atoms with Gasteiger partial charge in [0.1, 0.15) is 17.4 Å². The maximum Gasteiger partial charge on any atom is 0.249 e. The highest BCUT2D eigenvalue weighted by Crippen LogP contribution is 2.41. The molecular formula is C28H26N4O2. The molecule has 1 saturated carbocycles. The lowest BCUT2D eigenvalue weighted by Crippen LogP contribution is -2.43. The van der Waals surface area contributed by atoms with Gasteiger partial charge >= 0.3 is 0 Å². The quantitative estimate of drug-likeness (QED) is 0.463. The molecule has 1 aliphatic carbocycles. The average Bonchev–Trinajstić information content (AvgIpc) is 3.61. The summed E-state index contributed by atoms with van der Waals surface area (Å²) >= 11 is 0. The van der Waals surface area contributed by atoms with Crippen LogP contribution in [0.5, 0.6) is 5.75 Å². The third-order valence-corrected chi connectivity index (χ3v) is 6.80. The van der Waals surface area contributed by atoms with Gasteiger partial charge in [-0.3, -0.25) is 4.79 Å². The fourth-order valence-corrected chi connectivity index (χ4v) is 4.81. The lowest BCUT2D eigenvalue weighted by Gasteiger charge is -2.21. The molecule has 170 valence electrons. The number of fused-ring (bicyclic) bond motifs is 2. The van der Waals surface area contributed by atoms with Crippen LogP contribution >= 0.6 is 0 Å². The van der Waals surface area contributed by atoms with Gasteiger partial charge in [-0.05, 0) is 65.4 Å². The Balaban J connectivity index is 1.30. The highest BCUT2D eigenvalue weighted by atomic mass is 16.5. The molecule has 34 heavy (non-hydrogen) atoms. The van der Waals surface area contributed by atoms with Crippen molar-refractivity contribution in [3.63, 3.8) is 0 Å². The Kier molecular flexibility index (Phi) is 4.87. The molecule has 2 aromatic heterocycles. The second kappa shape index (κ2) is 8.06. The SMILES string of the molecule is COc1ccc2c(c1)C(=C1CC1)NC(Cc1ccc(-c3ccnc4[nH]ccc34)cc1)C(=O)N2C. The predicted octanol–water partition coefficient (Wildman–Crippen LogP) is 4.92. The lowest BCUT2D eigenvalue weighted by atomic mass is 9.99. The first-order valence-corrected chi connectivity index (χ1v) is 11.6. The summed E-state index contributed by atoms with van der Waals surface area (Å²) in [7, 11) is 3.53.